The van der Waals surface area contributed by atoms with E-state index in [1.807, 2.05) is 13.8 Å². The molecular formula is C31H41N5O6. The third kappa shape index (κ3) is 6.35. The van der Waals surface area contributed by atoms with Crippen LogP contribution in [0, 0.1) is 11.3 Å². The average Bonchev–Trinajstić information content (AvgIpc) is 3.27. The van der Waals surface area contributed by atoms with E-state index in [2.05, 4.69) is 5.32 Å². The first-order valence-corrected chi connectivity index (χ1v) is 15.0. The lowest BCUT2D eigenvalue weighted by atomic mass is 9.75. The number of amides is 3. The molecule has 2 aromatic rings. The summed E-state index contributed by atoms with van der Waals surface area (Å²) in [4.78, 5) is 53.8. The van der Waals surface area contributed by atoms with Crippen LogP contribution in [-0.2, 0) is 33.7 Å². The highest BCUT2D eigenvalue weighted by Crippen LogP contribution is 2.38. The Hall–Kier alpha value is -3.73. The third-order valence-corrected chi connectivity index (χ3v) is 8.80. The first-order valence-electron chi connectivity index (χ1n) is 15.0. The number of hydrogen-bond donors (Lipinski definition) is 1. The van der Waals surface area contributed by atoms with Gasteiger partial charge < -0.3 is 24.6 Å². The fourth-order valence-electron chi connectivity index (χ4n) is 6.17. The maximum absolute atomic E-state index is 13.1. The molecule has 1 aromatic carbocycles. The lowest BCUT2D eigenvalue weighted by Gasteiger charge is -2.36. The van der Waals surface area contributed by atoms with Crippen molar-refractivity contribution in [2.75, 3.05) is 52.5 Å². The van der Waals surface area contributed by atoms with Crippen LogP contribution in [0.1, 0.15) is 76.1 Å². The number of nitrogens with zero attached hydrogens (tertiary/aromatic N) is 4. The molecular weight excluding hydrogens is 538 g/mol. The molecule has 1 aromatic heterocycles. The number of piperazine rings is 1. The van der Waals surface area contributed by atoms with E-state index in [-0.39, 0.29) is 35.7 Å². The van der Waals surface area contributed by atoms with Crippen molar-refractivity contribution in [3.63, 3.8) is 0 Å². The summed E-state index contributed by atoms with van der Waals surface area (Å²) in [5.41, 5.74) is 3.40. The van der Waals surface area contributed by atoms with Gasteiger partial charge in [0, 0.05) is 70.5 Å². The van der Waals surface area contributed by atoms with Crippen molar-refractivity contribution >= 4 is 23.7 Å². The number of rotatable bonds is 7. The molecule has 42 heavy (non-hydrogen) atoms. The quantitative estimate of drug-likeness (QED) is 0.500. The second-order valence-corrected chi connectivity index (χ2v) is 11.8. The smallest absolute Gasteiger partial charge is 0.338 e. The minimum atomic E-state index is -0.450. The molecule has 11 heteroatoms. The van der Waals surface area contributed by atoms with Crippen LogP contribution >= 0.6 is 0 Å². The Balaban J connectivity index is 1.19. The van der Waals surface area contributed by atoms with Gasteiger partial charge in [-0.05, 0) is 68.2 Å². The van der Waals surface area contributed by atoms with Crippen molar-refractivity contribution in [1.82, 2.24) is 24.9 Å². The number of aryl methyl sites for hydroxylation is 1. The van der Waals surface area contributed by atoms with Gasteiger partial charge in [0.1, 0.15) is 5.69 Å². The summed E-state index contributed by atoms with van der Waals surface area (Å²) in [7, 11) is 0. The van der Waals surface area contributed by atoms with Crippen LogP contribution in [0.5, 0.6) is 0 Å². The number of benzene rings is 1. The fourth-order valence-corrected chi connectivity index (χ4v) is 6.17. The molecule has 1 N–H and O–H groups in total. The lowest BCUT2D eigenvalue weighted by Crippen LogP contribution is -2.50. The number of carbonyl (C=O) groups is 4. The predicted molar refractivity (Wildman–Crippen MR) is 154 cm³/mol. The SMILES string of the molecule is CCn1nc(C[C@@H](C)COC(=O)c2ccc(C(=O)N3CCN(C(C)=O)CC3)cc2)c2c1C(=O)NCC1(CCOCC1)C2. The first-order chi connectivity index (χ1) is 20.2. The number of esters is 1. The van der Waals surface area contributed by atoms with Gasteiger partial charge in [0.05, 0.1) is 17.9 Å². The number of fused-ring (bicyclic) bond motifs is 1. The number of ether oxygens (including phenoxy) is 2. The molecule has 5 rings (SSSR count). The predicted octanol–water partition coefficient (Wildman–Crippen LogP) is 2.33. The Morgan fingerprint density at radius 3 is 2.33 bits per heavy atom. The van der Waals surface area contributed by atoms with Crippen LogP contribution in [0.2, 0.25) is 0 Å². The highest BCUT2D eigenvalue weighted by Gasteiger charge is 2.39. The van der Waals surface area contributed by atoms with Crippen molar-refractivity contribution in [2.24, 2.45) is 11.3 Å². The van der Waals surface area contributed by atoms with E-state index >= 15 is 0 Å². The Bertz CT molecular complexity index is 1320. The van der Waals surface area contributed by atoms with Gasteiger partial charge in [-0.25, -0.2) is 4.79 Å². The molecule has 0 bridgehead atoms. The standard InChI is InChI=1S/C31H41N5O6/c1-4-36-27-25(18-31(20-32-28(27)38)9-15-41-16-10-31)26(33-36)17-21(2)19-42-30(40)24-7-5-23(6-8-24)29(39)35-13-11-34(12-14-35)22(3)37/h5-8,21H,4,9-20H2,1-3H3,(H,32,38)/t21-/m1/s1. The second-order valence-electron chi connectivity index (χ2n) is 11.8. The molecule has 3 aliphatic rings. The van der Waals surface area contributed by atoms with Crippen molar-refractivity contribution in [3.8, 4) is 0 Å². The topological polar surface area (TPSA) is 123 Å². The van der Waals surface area contributed by atoms with Crippen LogP contribution in [0.15, 0.2) is 24.3 Å². The molecule has 11 nitrogen and oxygen atoms in total. The summed E-state index contributed by atoms with van der Waals surface area (Å²) < 4.78 is 13.0. The summed E-state index contributed by atoms with van der Waals surface area (Å²) in [6, 6.07) is 6.51. The Kier molecular flexibility index (Phi) is 8.96. The van der Waals surface area contributed by atoms with E-state index in [4.69, 9.17) is 14.6 Å². The molecule has 0 aliphatic carbocycles. The van der Waals surface area contributed by atoms with E-state index in [1.165, 1.54) is 6.92 Å². The Labute approximate surface area is 246 Å². The average molecular weight is 580 g/mol. The molecule has 0 saturated carbocycles. The summed E-state index contributed by atoms with van der Waals surface area (Å²) >= 11 is 0. The molecule has 4 heterocycles. The van der Waals surface area contributed by atoms with Gasteiger partial charge in [-0.2, -0.15) is 5.10 Å². The first kappa shape index (κ1) is 29.8. The number of nitrogens with one attached hydrogen (secondary N) is 1. The van der Waals surface area contributed by atoms with E-state index < -0.39 is 5.97 Å². The highest BCUT2D eigenvalue weighted by molar-refractivity contribution is 5.96. The van der Waals surface area contributed by atoms with Gasteiger partial charge in [-0.3, -0.25) is 19.1 Å². The zero-order valence-electron chi connectivity index (χ0n) is 24.8. The van der Waals surface area contributed by atoms with Crippen LogP contribution in [0.25, 0.3) is 0 Å². The maximum atomic E-state index is 13.1. The van der Waals surface area contributed by atoms with E-state index in [9.17, 15) is 19.2 Å². The monoisotopic (exact) mass is 579 g/mol. The molecule has 226 valence electrons. The fraction of sp³-hybridized carbons (Fsp3) is 0.581. The largest absolute Gasteiger partial charge is 0.462 e. The van der Waals surface area contributed by atoms with Crippen molar-refractivity contribution in [1.29, 1.82) is 0 Å². The van der Waals surface area contributed by atoms with E-state index in [0.29, 0.717) is 75.7 Å². The number of hydrogen-bond acceptors (Lipinski definition) is 7. The Morgan fingerprint density at radius 2 is 1.69 bits per heavy atom. The summed E-state index contributed by atoms with van der Waals surface area (Å²) in [5, 5.41) is 7.95. The molecule has 3 aliphatic heterocycles. The highest BCUT2D eigenvalue weighted by atomic mass is 16.5. The van der Waals surface area contributed by atoms with Gasteiger partial charge in [0.2, 0.25) is 5.91 Å². The van der Waals surface area contributed by atoms with Gasteiger partial charge in [0.25, 0.3) is 11.8 Å². The summed E-state index contributed by atoms with van der Waals surface area (Å²) in [6.07, 6.45) is 3.17. The molecule has 2 saturated heterocycles. The van der Waals surface area contributed by atoms with Crippen molar-refractivity contribution in [2.45, 2.75) is 53.0 Å². The second kappa shape index (κ2) is 12.6. The molecule has 3 amide bonds. The summed E-state index contributed by atoms with van der Waals surface area (Å²) in [5.74, 6) is -0.638. The van der Waals surface area contributed by atoms with Crippen molar-refractivity contribution in [3.05, 3.63) is 52.3 Å². The van der Waals surface area contributed by atoms with Crippen molar-refractivity contribution < 1.29 is 28.7 Å². The lowest BCUT2D eigenvalue weighted by molar-refractivity contribution is -0.130. The molecule has 0 radical (unpaired) electrons. The Morgan fingerprint density at radius 1 is 1.05 bits per heavy atom. The van der Waals surface area contributed by atoms with Gasteiger partial charge >= 0.3 is 5.97 Å². The van der Waals surface area contributed by atoms with Crippen LogP contribution in [0.3, 0.4) is 0 Å². The number of aromatic nitrogens is 2. The van der Waals surface area contributed by atoms with Crippen LogP contribution in [0.4, 0.5) is 0 Å². The normalized spacial score (nSPS) is 19.1. The number of carbonyl (C=O) groups excluding carboxylic acids is 4. The van der Waals surface area contributed by atoms with Gasteiger partial charge in [0.15, 0.2) is 0 Å². The minimum Gasteiger partial charge on any atom is -0.462 e. The van der Waals surface area contributed by atoms with E-state index in [0.717, 1.165) is 30.5 Å². The minimum absolute atomic E-state index is 0.00951. The molecule has 0 unspecified atom stereocenters. The summed E-state index contributed by atoms with van der Waals surface area (Å²) in [6.45, 7) is 10.4. The third-order valence-electron chi connectivity index (χ3n) is 8.80. The maximum Gasteiger partial charge on any atom is 0.338 e. The molecule has 1 spiro atoms. The van der Waals surface area contributed by atoms with Gasteiger partial charge in [-0.15, -0.1) is 0 Å². The van der Waals surface area contributed by atoms with Gasteiger partial charge in [-0.1, -0.05) is 6.92 Å². The van der Waals surface area contributed by atoms with E-state index in [1.54, 1.807) is 38.7 Å². The molecule has 2 fully saturated rings. The molecule has 1 atom stereocenters. The van der Waals surface area contributed by atoms with Crippen LogP contribution < -0.4 is 5.32 Å². The van der Waals surface area contributed by atoms with Crippen LogP contribution in [-0.4, -0.2) is 95.8 Å². The zero-order chi connectivity index (χ0) is 29.9. The zero-order valence-corrected chi connectivity index (χ0v) is 24.8.